The molecule has 0 aliphatic heterocycles. The Balaban J connectivity index is 1.55. The standard InChI is InChI=1S/C16H19N5O2S2/c1-9(2)15-20-10(3)13(25-15)6-17-14(22)12-5-4-11(23-12)7-24-16-18-8-19-21-16/h4-5,8-9H,6-7H2,1-3H3,(H,17,22)(H,18,19,21). The highest BCUT2D eigenvalue weighted by Crippen LogP contribution is 2.24. The fourth-order valence-corrected chi connectivity index (χ4v) is 3.77. The first-order chi connectivity index (χ1) is 12.0. The predicted octanol–water partition coefficient (Wildman–Crippen LogP) is 3.51. The van der Waals surface area contributed by atoms with E-state index in [0.29, 0.717) is 34.9 Å². The van der Waals surface area contributed by atoms with Crippen molar-refractivity contribution in [3.8, 4) is 0 Å². The van der Waals surface area contributed by atoms with Gasteiger partial charge in [0.1, 0.15) is 12.1 Å². The van der Waals surface area contributed by atoms with E-state index in [1.807, 2.05) is 6.92 Å². The van der Waals surface area contributed by atoms with Crippen molar-refractivity contribution in [1.29, 1.82) is 0 Å². The number of thiazole rings is 1. The van der Waals surface area contributed by atoms with Gasteiger partial charge in [-0.25, -0.2) is 9.97 Å². The zero-order valence-corrected chi connectivity index (χ0v) is 15.8. The third-order valence-corrected chi connectivity index (χ3v) is 5.80. The number of aryl methyl sites for hydroxylation is 1. The lowest BCUT2D eigenvalue weighted by Crippen LogP contribution is -2.22. The van der Waals surface area contributed by atoms with Crippen molar-refractivity contribution in [3.63, 3.8) is 0 Å². The number of hydrogen-bond acceptors (Lipinski definition) is 7. The summed E-state index contributed by atoms with van der Waals surface area (Å²) in [4.78, 5) is 21.9. The summed E-state index contributed by atoms with van der Waals surface area (Å²) >= 11 is 3.10. The maximum absolute atomic E-state index is 12.3. The average molecular weight is 377 g/mol. The second kappa shape index (κ2) is 7.83. The molecular formula is C16H19N5O2S2. The number of nitrogens with zero attached hydrogens (tertiary/aromatic N) is 3. The van der Waals surface area contributed by atoms with E-state index in [4.69, 9.17) is 4.42 Å². The number of aromatic amines is 1. The fourth-order valence-electron chi connectivity index (χ4n) is 2.09. The van der Waals surface area contributed by atoms with Crippen molar-refractivity contribution >= 4 is 29.0 Å². The van der Waals surface area contributed by atoms with E-state index in [-0.39, 0.29) is 5.91 Å². The van der Waals surface area contributed by atoms with E-state index in [9.17, 15) is 4.79 Å². The number of furan rings is 1. The van der Waals surface area contributed by atoms with E-state index in [2.05, 4.69) is 39.3 Å². The van der Waals surface area contributed by atoms with Gasteiger partial charge in [0.05, 0.1) is 23.0 Å². The molecular weight excluding hydrogens is 358 g/mol. The molecule has 0 aliphatic rings. The Morgan fingerprint density at radius 3 is 2.96 bits per heavy atom. The van der Waals surface area contributed by atoms with Gasteiger partial charge in [0.25, 0.3) is 5.91 Å². The SMILES string of the molecule is Cc1nc(C(C)C)sc1CNC(=O)c1ccc(CSc2ncn[nH]2)o1. The minimum Gasteiger partial charge on any atom is -0.455 e. The molecule has 1 amide bonds. The molecule has 0 bridgehead atoms. The minimum atomic E-state index is -0.227. The molecule has 0 spiro atoms. The Bertz CT molecular complexity index is 839. The molecule has 0 saturated carbocycles. The predicted molar refractivity (Wildman–Crippen MR) is 96.8 cm³/mol. The van der Waals surface area contributed by atoms with Crippen molar-refractivity contribution < 1.29 is 9.21 Å². The lowest BCUT2D eigenvalue weighted by Gasteiger charge is -2.02. The summed E-state index contributed by atoms with van der Waals surface area (Å²) < 4.78 is 5.60. The molecule has 0 aromatic carbocycles. The third-order valence-electron chi connectivity index (χ3n) is 3.44. The molecule has 0 atom stereocenters. The van der Waals surface area contributed by atoms with Gasteiger partial charge in [-0.2, -0.15) is 5.10 Å². The number of nitrogens with one attached hydrogen (secondary N) is 2. The molecule has 0 saturated heterocycles. The molecule has 9 heteroatoms. The van der Waals surface area contributed by atoms with Crippen LogP contribution in [0, 0.1) is 6.92 Å². The summed E-state index contributed by atoms with van der Waals surface area (Å²) in [6, 6.07) is 3.48. The highest BCUT2D eigenvalue weighted by atomic mass is 32.2. The van der Waals surface area contributed by atoms with Crippen molar-refractivity contribution in [1.82, 2.24) is 25.5 Å². The summed E-state index contributed by atoms with van der Waals surface area (Å²) in [5, 5.41) is 11.2. The van der Waals surface area contributed by atoms with Crippen molar-refractivity contribution in [3.05, 3.63) is 45.6 Å². The number of thioether (sulfide) groups is 1. The van der Waals surface area contributed by atoms with Gasteiger partial charge in [0.2, 0.25) is 0 Å². The lowest BCUT2D eigenvalue weighted by molar-refractivity contribution is 0.0922. The van der Waals surface area contributed by atoms with Gasteiger partial charge in [-0.3, -0.25) is 9.89 Å². The zero-order chi connectivity index (χ0) is 17.8. The number of carbonyl (C=O) groups is 1. The van der Waals surface area contributed by atoms with Crippen LogP contribution < -0.4 is 5.32 Å². The number of amides is 1. The van der Waals surface area contributed by atoms with Crippen molar-refractivity contribution in [2.75, 3.05) is 0 Å². The number of carbonyl (C=O) groups excluding carboxylic acids is 1. The van der Waals surface area contributed by atoms with Crippen LogP contribution in [0.2, 0.25) is 0 Å². The van der Waals surface area contributed by atoms with Crippen LogP contribution in [0.25, 0.3) is 0 Å². The minimum absolute atomic E-state index is 0.227. The van der Waals surface area contributed by atoms with E-state index < -0.39 is 0 Å². The first kappa shape index (κ1) is 17.7. The van der Waals surface area contributed by atoms with Crippen LogP contribution in [0.1, 0.15) is 51.7 Å². The summed E-state index contributed by atoms with van der Waals surface area (Å²) in [7, 11) is 0. The lowest BCUT2D eigenvalue weighted by atomic mass is 10.2. The summed E-state index contributed by atoms with van der Waals surface area (Å²) in [5.41, 5.74) is 0.970. The van der Waals surface area contributed by atoms with Gasteiger partial charge in [0.15, 0.2) is 10.9 Å². The van der Waals surface area contributed by atoms with Crippen LogP contribution >= 0.6 is 23.1 Å². The monoisotopic (exact) mass is 377 g/mol. The van der Waals surface area contributed by atoms with Crippen LogP contribution in [-0.2, 0) is 12.3 Å². The molecule has 2 N–H and O–H groups in total. The van der Waals surface area contributed by atoms with Gasteiger partial charge in [-0.15, -0.1) is 11.3 Å². The number of H-pyrrole nitrogens is 1. The van der Waals surface area contributed by atoms with Crippen molar-refractivity contribution in [2.45, 2.75) is 44.1 Å². The largest absolute Gasteiger partial charge is 0.455 e. The van der Waals surface area contributed by atoms with Crippen LogP contribution in [0.3, 0.4) is 0 Å². The molecule has 7 nitrogen and oxygen atoms in total. The van der Waals surface area contributed by atoms with Crippen LogP contribution in [0.4, 0.5) is 0 Å². The maximum Gasteiger partial charge on any atom is 0.287 e. The molecule has 3 rings (SSSR count). The third kappa shape index (κ3) is 4.49. The number of aromatic nitrogens is 4. The summed E-state index contributed by atoms with van der Waals surface area (Å²) in [6.45, 7) is 6.65. The van der Waals surface area contributed by atoms with E-state index >= 15 is 0 Å². The van der Waals surface area contributed by atoms with Crippen LogP contribution in [0.15, 0.2) is 28.0 Å². The number of hydrogen-bond donors (Lipinski definition) is 2. The Morgan fingerprint density at radius 2 is 2.28 bits per heavy atom. The molecule has 3 heterocycles. The summed E-state index contributed by atoms with van der Waals surface area (Å²) in [6.07, 6.45) is 1.45. The average Bonchev–Trinajstić information content (AvgIpc) is 3.31. The van der Waals surface area contributed by atoms with E-state index in [0.717, 1.165) is 15.6 Å². The smallest absolute Gasteiger partial charge is 0.287 e. The van der Waals surface area contributed by atoms with Crippen LogP contribution in [0.5, 0.6) is 0 Å². The van der Waals surface area contributed by atoms with E-state index in [1.54, 1.807) is 23.5 Å². The zero-order valence-electron chi connectivity index (χ0n) is 14.2. The number of rotatable bonds is 7. The van der Waals surface area contributed by atoms with E-state index in [1.165, 1.54) is 18.1 Å². The highest BCUT2D eigenvalue weighted by Gasteiger charge is 2.14. The molecule has 0 fully saturated rings. The van der Waals surface area contributed by atoms with Gasteiger partial charge < -0.3 is 9.73 Å². The molecule has 0 aliphatic carbocycles. The molecule has 0 radical (unpaired) electrons. The second-order valence-corrected chi connectivity index (χ2v) is 7.82. The summed E-state index contributed by atoms with van der Waals surface area (Å²) in [5.74, 6) is 1.76. The topological polar surface area (TPSA) is 96.7 Å². The quantitative estimate of drug-likeness (QED) is 0.612. The second-order valence-electron chi connectivity index (χ2n) is 5.74. The highest BCUT2D eigenvalue weighted by molar-refractivity contribution is 7.98. The Morgan fingerprint density at radius 1 is 1.44 bits per heavy atom. The maximum atomic E-state index is 12.3. The van der Waals surface area contributed by atoms with Gasteiger partial charge in [-0.05, 0) is 19.1 Å². The Kier molecular flexibility index (Phi) is 5.54. The van der Waals surface area contributed by atoms with Crippen molar-refractivity contribution in [2.24, 2.45) is 0 Å². The van der Waals surface area contributed by atoms with Crippen LogP contribution in [-0.4, -0.2) is 26.1 Å². The molecule has 25 heavy (non-hydrogen) atoms. The molecule has 3 aromatic heterocycles. The molecule has 0 unspecified atom stereocenters. The Hall–Kier alpha value is -2.13. The molecule has 3 aromatic rings. The van der Waals surface area contributed by atoms with Gasteiger partial charge in [-0.1, -0.05) is 25.6 Å². The normalized spacial score (nSPS) is 11.2. The first-order valence-electron chi connectivity index (χ1n) is 7.84. The molecule has 132 valence electrons. The van der Waals surface area contributed by atoms with Gasteiger partial charge >= 0.3 is 0 Å². The fraction of sp³-hybridized carbons (Fsp3) is 0.375. The Labute approximate surface area is 153 Å². The first-order valence-corrected chi connectivity index (χ1v) is 9.64. The van der Waals surface area contributed by atoms with Gasteiger partial charge in [0, 0.05) is 10.8 Å².